The lowest BCUT2D eigenvalue weighted by molar-refractivity contribution is 0.0536. The van der Waals surface area contributed by atoms with Crippen LogP contribution in [0.1, 0.15) is 5.56 Å². The summed E-state index contributed by atoms with van der Waals surface area (Å²) < 4.78 is 5.21. The predicted molar refractivity (Wildman–Crippen MR) is 55.1 cm³/mol. The molecule has 1 aromatic carbocycles. The second-order valence-electron chi connectivity index (χ2n) is 2.92. The molecule has 1 rings (SSSR count). The summed E-state index contributed by atoms with van der Waals surface area (Å²) in [6.45, 7) is 3.45. The molecule has 0 radical (unpaired) electrons. The molecule has 0 aliphatic rings. The van der Waals surface area contributed by atoms with Gasteiger partial charge in [0, 0.05) is 0 Å². The van der Waals surface area contributed by atoms with Crippen molar-refractivity contribution in [3.8, 4) is 5.75 Å². The van der Waals surface area contributed by atoms with Gasteiger partial charge in [0.2, 0.25) is 0 Å². The Morgan fingerprint density at radius 1 is 1.36 bits per heavy atom. The normalized spacial score (nSPS) is 12.1. The number of ether oxygens (including phenoxy) is 1. The van der Waals surface area contributed by atoms with Gasteiger partial charge in [-0.1, -0.05) is 24.8 Å². The number of aliphatic hydroxyl groups is 2. The second kappa shape index (κ2) is 5.42. The minimum atomic E-state index is -0.825. The third-order valence-electron chi connectivity index (χ3n) is 1.77. The molecule has 14 heavy (non-hydrogen) atoms. The zero-order valence-electron chi connectivity index (χ0n) is 7.89. The fourth-order valence-corrected chi connectivity index (χ4v) is 0.945. The van der Waals surface area contributed by atoms with E-state index in [-0.39, 0.29) is 13.2 Å². The van der Waals surface area contributed by atoms with Crippen molar-refractivity contribution in [2.24, 2.45) is 0 Å². The lowest BCUT2D eigenvalue weighted by Gasteiger charge is -2.09. The molecular weight excluding hydrogens is 180 g/mol. The average molecular weight is 194 g/mol. The molecule has 0 aliphatic carbocycles. The van der Waals surface area contributed by atoms with Crippen LogP contribution in [0, 0.1) is 0 Å². The summed E-state index contributed by atoms with van der Waals surface area (Å²) >= 11 is 0. The van der Waals surface area contributed by atoms with Crippen LogP contribution in [0.2, 0.25) is 0 Å². The molecule has 0 saturated carbocycles. The molecule has 0 heterocycles. The molecule has 0 aliphatic heterocycles. The summed E-state index contributed by atoms with van der Waals surface area (Å²) in [5.74, 6) is 0.670. The van der Waals surface area contributed by atoms with E-state index in [0.717, 1.165) is 5.56 Å². The van der Waals surface area contributed by atoms with Gasteiger partial charge in [-0.2, -0.15) is 0 Å². The van der Waals surface area contributed by atoms with E-state index in [1.807, 2.05) is 12.1 Å². The van der Waals surface area contributed by atoms with Crippen molar-refractivity contribution in [3.05, 3.63) is 36.4 Å². The lowest BCUT2D eigenvalue weighted by atomic mass is 10.2. The third-order valence-corrected chi connectivity index (χ3v) is 1.77. The van der Waals surface area contributed by atoms with Gasteiger partial charge in [-0.3, -0.25) is 0 Å². The summed E-state index contributed by atoms with van der Waals surface area (Å²) in [7, 11) is 0. The van der Waals surface area contributed by atoms with E-state index in [4.69, 9.17) is 14.9 Å². The molecule has 0 spiro atoms. The van der Waals surface area contributed by atoms with E-state index in [9.17, 15) is 0 Å². The van der Waals surface area contributed by atoms with E-state index in [1.165, 1.54) is 0 Å². The highest BCUT2D eigenvalue weighted by Crippen LogP contribution is 2.12. The van der Waals surface area contributed by atoms with Gasteiger partial charge in [-0.15, -0.1) is 0 Å². The maximum Gasteiger partial charge on any atom is 0.119 e. The van der Waals surface area contributed by atoms with Crippen molar-refractivity contribution in [2.75, 3.05) is 13.2 Å². The van der Waals surface area contributed by atoms with Gasteiger partial charge in [0.15, 0.2) is 0 Å². The van der Waals surface area contributed by atoms with Crippen LogP contribution in [0.25, 0.3) is 6.08 Å². The fourth-order valence-electron chi connectivity index (χ4n) is 0.945. The van der Waals surface area contributed by atoms with Gasteiger partial charge < -0.3 is 14.9 Å². The highest BCUT2D eigenvalue weighted by molar-refractivity contribution is 5.48. The van der Waals surface area contributed by atoms with E-state index in [0.29, 0.717) is 5.75 Å². The first-order valence-electron chi connectivity index (χ1n) is 4.40. The van der Waals surface area contributed by atoms with Gasteiger partial charge >= 0.3 is 0 Å². The quantitative estimate of drug-likeness (QED) is 0.737. The first-order chi connectivity index (χ1) is 6.76. The molecule has 3 heteroatoms. The van der Waals surface area contributed by atoms with Crippen LogP contribution in [0.5, 0.6) is 5.75 Å². The van der Waals surface area contributed by atoms with Crippen molar-refractivity contribution >= 4 is 6.08 Å². The van der Waals surface area contributed by atoms with E-state index in [2.05, 4.69) is 6.58 Å². The van der Waals surface area contributed by atoms with Crippen LogP contribution in [-0.4, -0.2) is 29.5 Å². The van der Waals surface area contributed by atoms with Gasteiger partial charge in [-0.25, -0.2) is 0 Å². The van der Waals surface area contributed by atoms with Crippen molar-refractivity contribution in [2.45, 2.75) is 6.10 Å². The van der Waals surface area contributed by atoms with E-state index in [1.54, 1.807) is 18.2 Å². The van der Waals surface area contributed by atoms with Gasteiger partial charge in [0.1, 0.15) is 18.5 Å². The second-order valence-corrected chi connectivity index (χ2v) is 2.92. The Kier molecular flexibility index (Phi) is 4.16. The molecule has 0 bridgehead atoms. The zero-order chi connectivity index (χ0) is 10.4. The SMILES string of the molecule is C=Cc1ccc(OCC(O)CO)cc1. The zero-order valence-corrected chi connectivity index (χ0v) is 7.89. The van der Waals surface area contributed by atoms with Gasteiger partial charge in [0.25, 0.3) is 0 Å². The molecule has 0 fully saturated rings. The van der Waals surface area contributed by atoms with Crippen LogP contribution >= 0.6 is 0 Å². The Hall–Kier alpha value is -1.32. The smallest absolute Gasteiger partial charge is 0.119 e. The Balaban J connectivity index is 2.47. The van der Waals surface area contributed by atoms with Crippen molar-refractivity contribution in [1.82, 2.24) is 0 Å². The maximum absolute atomic E-state index is 9.03. The van der Waals surface area contributed by atoms with Crippen LogP contribution in [0.15, 0.2) is 30.8 Å². The molecule has 0 amide bonds. The molecule has 0 aromatic heterocycles. The molecule has 1 aromatic rings. The van der Waals surface area contributed by atoms with Crippen LogP contribution in [-0.2, 0) is 0 Å². The molecule has 76 valence electrons. The number of aliphatic hydroxyl groups excluding tert-OH is 2. The lowest BCUT2D eigenvalue weighted by Crippen LogP contribution is -2.21. The topological polar surface area (TPSA) is 49.7 Å². The largest absolute Gasteiger partial charge is 0.491 e. The summed E-state index contributed by atoms with van der Waals surface area (Å²) in [6.07, 6.45) is 0.917. The number of hydrogen-bond donors (Lipinski definition) is 2. The molecular formula is C11H14O3. The molecule has 1 unspecified atom stereocenters. The monoisotopic (exact) mass is 194 g/mol. The van der Waals surface area contributed by atoms with Crippen molar-refractivity contribution < 1.29 is 14.9 Å². The highest BCUT2D eigenvalue weighted by Gasteiger charge is 2.02. The molecule has 2 N–H and O–H groups in total. The van der Waals surface area contributed by atoms with E-state index < -0.39 is 6.10 Å². The van der Waals surface area contributed by atoms with Crippen molar-refractivity contribution in [1.29, 1.82) is 0 Å². The first kappa shape index (κ1) is 10.8. The number of hydrogen-bond acceptors (Lipinski definition) is 3. The maximum atomic E-state index is 9.03. The summed E-state index contributed by atoms with van der Waals surface area (Å²) in [6, 6.07) is 7.32. The first-order valence-corrected chi connectivity index (χ1v) is 4.40. The standard InChI is InChI=1S/C11H14O3/c1-2-9-3-5-11(6-4-9)14-8-10(13)7-12/h2-6,10,12-13H,1,7-8H2. The van der Waals surface area contributed by atoms with E-state index >= 15 is 0 Å². The molecule has 1 atom stereocenters. The Morgan fingerprint density at radius 2 is 2.00 bits per heavy atom. The van der Waals surface area contributed by atoms with Gasteiger partial charge in [-0.05, 0) is 17.7 Å². The summed E-state index contributed by atoms with van der Waals surface area (Å²) in [5.41, 5.74) is 1.01. The molecule has 0 saturated heterocycles. The van der Waals surface area contributed by atoms with Gasteiger partial charge in [0.05, 0.1) is 6.61 Å². The van der Waals surface area contributed by atoms with Crippen molar-refractivity contribution in [3.63, 3.8) is 0 Å². The minimum Gasteiger partial charge on any atom is -0.491 e. The Labute approximate surface area is 83.3 Å². The highest BCUT2D eigenvalue weighted by atomic mass is 16.5. The Morgan fingerprint density at radius 3 is 2.50 bits per heavy atom. The minimum absolute atomic E-state index is 0.101. The van der Waals surface area contributed by atoms with Crippen LogP contribution < -0.4 is 4.74 Å². The van der Waals surface area contributed by atoms with Crippen LogP contribution in [0.4, 0.5) is 0 Å². The third kappa shape index (κ3) is 3.20. The summed E-state index contributed by atoms with van der Waals surface area (Å²) in [4.78, 5) is 0. The number of rotatable bonds is 5. The molecule has 3 nitrogen and oxygen atoms in total. The fraction of sp³-hybridized carbons (Fsp3) is 0.273. The van der Waals surface area contributed by atoms with Crippen LogP contribution in [0.3, 0.4) is 0 Å². The average Bonchev–Trinajstić information content (AvgIpc) is 2.26. The Bertz CT molecular complexity index is 279. The summed E-state index contributed by atoms with van der Waals surface area (Å²) in [5, 5.41) is 17.6. The number of benzene rings is 1. The predicted octanol–water partition coefficient (Wildman–Crippen LogP) is 1.06.